The highest BCUT2D eigenvalue weighted by molar-refractivity contribution is 5.73. The highest BCUT2D eigenvalue weighted by Crippen LogP contribution is 2.29. The van der Waals surface area contributed by atoms with E-state index in [1.807, 2.05) is 6.92 Å². The third-order valence-electron chi connectivity index (χ3n) is 3.10. The van der Waals surface area contributed by atoms with Gasteiger partial charge in [0.15, 0.2) is 0 Å². The van der Waals surface area contributed by atoms with Crippen molar-refractivity contribution in [2.45, 2.75) is 19.4 Å². The second-order valence-corrected chi connectivity index (χ2v) is 4.67. The van der Waals surface area contributed by atoms with E-state index in [2.05, 4.69) is 0 Å². The number of furan rings is 1. The van der Waals surface area contributed by atoms with E-state index in [1.54, 1.807) is 18.2 Å². The van der Waals surface area contributed by atoms with Gasteiger partial charge in [-0.3, -0.25) is 14.9 Å². The molecule has 1 aromatic carbocycles. The van der Waals surface area contributed by atoms with Crippen LogP contribution in [0.15, 0.2) is 34.7 Å². The molecule has 0 radical (unpaired) electrons. The number of hydrogen-bond acceptors (Lipinski definition) is 5. The summed E-state index contributed by atoms with van der Waals surface area (Å²) in [5.41, 5.74) is 6.83. The molecule has 1 unspecified atom stereocenters. The van der Waals surface area contributed by atoms with Crippen LogP contribution in [-0.2, 0) is 11.2 Å². The number of hydrogen-bond donors (Lipinski definition) is 2. The quantitative estimate of drug-likeness (QED) is 0.642. The Morgan fingerprint density at radius 3 is 2.76 bits per heavy atom. The van der Waals surface area contributed by atoms with Crippen molar-refractivity contribution in [1.82, 2.24) is 0 Å². The third kappa shape index (κ3) is 3.26. The van der Waals surface area contributed by atoms with Crippen molar-refractivity contribution in [2.24, 2.45) is 5.73 Å². The van der Waals surface area contributed by atoms with Crippen LogP contribution in [0.2, 0.25) is 0 Å². The number of aryl methyl sites for hydroxylation is 1. The molecule has 21 heavy (non-hydrogen) atoms. The van der Waals surface area contributed by atoms with E-state index >= 15 is 0 Å². The maximum absolute atomic E-state index is 10.8. The number of aliphatic carboxylic acids is 1. The van der Waals surface area contributed by atoms with Gasteiger partial charge in [0.2, 0.25) is 0 Å². The predicted octanol–water partition coefficient (Wildman–Crippen LogP) is 2.12. The Hall–Kier alpha value is -2.67. The Morgan fingerprint density at radius 1 is 1.43 bits per heavy atom. The van der Waals surface area contributed by atoms with Crippen molar-refractivity contribution >= 4 is 11.7 Å². The number of carbonyl (C=O) groups is 1. The lowest BCUT2D eigenvalue weighted by Crippen LogP contribution is -2.32. The highest BCUT2D eigenvalue weighted by Gasteiger charge is 2.17. The van der Waals surface area contributed by atoms with Crippen molar-refractivity contribution in [3.8, 4) is 11.3 Å². The second-order valence-electron chi connectivity index (χ2n) is 4.67. The molecule has 0 aliphatic carbocycles. The molecule has 7 nitrogen and oxygen atoms in total. The summed E-state index contributed by atoms with van der Waals surface area (Å²) in [5, 5.41) is 19.6. The molecule has 110 valence electrons. The van der Waals surface area contributed by atoms with E-state index in [1.165, 1.54) is 12.1 Å². The summed E-state index contributed by atoms with van der Waals surface area (Å²) < 4.78 is 5.54. The minimum Gasteiger partial charge on any atom is -0.480 e. The van der Waals surface area contributed by atoms with Crippen LogP contribution < -0.4 is 5.73 Å². The Bertz CT molecular complexity index is 692. The smallest absolute Gasteiger partial charge is 0.320 e. The summed E-state index contributed by atoms with van der Waals surface area (Å²) in [4.78, 5) is 21.0. The summed E-state index contributed by atoms with van der Waals surface area (Å²) >= 11 is 0. The van der Waals surface area contributed by atoms with Gasteiger partial charge in [-0.1, -0.05) is 6.07 Å². The Kier molecular flexibility index (Phi) is 4.04. The minimum atomic E-state index is -1.11. The molecule has 1 atom stereocenters. The number of rotatable bonds is 5. The molecule has 2 rings (SSSR count). The van der Waals surface area contributed by atoms with Crippen molar-refractivity contribution in [1.29, 1.82) is 0 Å². The summed E-state index contributed by atoms with van der Waals surface area (Å²) in [6, 6.07) is 6.71. The first-order valence-electron chi connectivity index (χ1n) is 6.21. The molecular formula is C14H14N2O5. The molecule has 3 N–H and O–H groups in total. The standard InChI is InChI=1S/C14H14N2O5/c1-8-2-3-9(16(19)20)6-11(8)13-5-4-10(21-13)7-12(15)14(17)18/h2-6,12H,7,15H2,1H3,(H,17,18). The van der Waals surface area contributed by atoms with Crippen molar-refractivity contribution in [3.05, 3.63) is 51.8 Å². The molecule has 0 fully saturated rings. The third-order valence-corrected chi connectivity index (χ3v) is 3.10. The molecular weight excluding hydrogens is 276 g/mol. The second kappa shape index (κ2) is 5.76. The Labute approximate surface area is 120 Å². The summed E-state index contributed by atoms with van der Waals surface area (Å²) in [5.74, 6) is -0.242. The van der Waals surface area contributed by atoms with Crippen molar-refractivity contribution in [3.63, 3.8) is 0 Å². The predicted molar refractivity (Wildman–Crippen MR) is 74.9 cm³/mol. The molecule has 0 saturated heterocycles. The molecule has 0 amide bonds. The first-order chi connectivity index (χ1) is 9.88. The van der Waals surface area contributed by atoms with E-state index in [4.69, 9.17) is 15.3 Å². The van der Waals surface area contributed by atoms with Crippen LogP contribution in [0.1, 0.15) is 11.3 Å². The fourth-order valence-electron chi connectivity index (χ4n) is 1.93. The fraction of sp³-hybridized carbons (Fsp3) is 0.214. The topological polar surface area (TPSA) is 120 Å². The lowest BCUT2D eigenvalue weighted by Gasteiger charge is -2.04. The summed E-state index contributed by atoms with van der Waals surface area (Å²) in [7, 11) is 0. The average molecular weight is 290 g/mol. The lowest BCUT2D eigenvalue weighted by molar-refractivity contribution is -0.384. The van der Waals surface area contributed by atoms with Gasteiger partial charge in [0, 0.05) is 24.1 Å². The highest BCUT2D eigenvalue weighted by atomic mass is 16.6. The summed E-state index contributed by atoms with van der Waals surface area (Å²) in [6.07, 6.45) is 0.0588. The monoisotopic (exact) mass is 290 g/mol. The number of nitro groups is 1. The number of non-ortho nitro benzene ring substituents is 1. The average Bonchev–Trinajstić information content (AvgIpc) is 2.87. The Balaban J connectivity index is 2.31. The fourth-order valence-corrected chi connectivity index (χ4v) is 1.93. The molecule has 2 aromatic rings. The molecule has 7 heteroatoms. The zero-order chi connectivity index (χ0) is 15.6. The van der Waals surface area contributed by atoms with Gasteiger partial charge in [-0.05, 0) is 24.6 Å². The summed E-state index contributed by atoms with van der Waals surface area (Å²) in [6.45, 7) is 1.81. The van der Waals surface area contributed by atoms with Gasteiger partial charge in [0.25, 0.3) is 5.69 Å². The van der Waals surface area contributed by atoms with Crippen molar-refractivity contribution < 1.29 is 19.2 Å². The first-order valence-corrected chi connectivity index (χ1v) is 6.21. The number of nitrogens with two attached hydrogens (primary N) is 1. The van der Waals surface area contributed by atoms with Crippen LogP contribution >= 0.6 is 0 Å². The molecule has 0 aliphatic rings. The minimum absolute atomic E-state index is 0.0317. The number of nitro benzene ring substituents is 1. The van der Waals surface area contributed by atoms with Crippen molar-refractivity contribution in [2.75, 3.05) is 0 Å². The maximum atomic E-state index is 10.8. The van der Waals surface area contributed by atoms with Gasteiger partial charge in [0.05, 0.1) is 4.92 Å². The van der Waals surface area contributed by atoms with Gasteiger partial charge < -0.3 is 15.3 Å². The van der Waals surface area contributed by atoms with Crippen LogP contribution in [-0.4, -0.2) is 22.0 Å². The van der Waals surface area contributed by atoms with E-state index in [9.17, 15) is 14.9 Å². The van der Waals surface area contributed by atoms with E-state index in [0.717, 1.165) is 5.56 Å². The number of carboxylic acid groups (broad SMARTS) is 1. The van der Waals surface area contributed by atoms with Gasteiger partial charge in [-0.15, -0.1) is 0 Å². The van der Waals surface area contributed by atoms with Crippen LogP contribution in [0.4, 0.5) is 5.69 Å². The molecule has 0 spiro atoms. The van der Waals surface area contributed by atoms with Gasteiger partial charge in [-0.25, -0.2) is 0 Å². The molecule has 0 aliphatic heterocycles. The number of carboxylic acids is 1. The number of benzene rings is 1. The lowest BCUT2D eigenvalue weighted by atomic mass is 10.1. The molecule has 0 bridgehead atoms. The molecule has 1 heterocycles. The van der Waals surface area contributed by atoms with Gasteiger partial charge >= 0.3 is 5.97 Å². The zero-order valence-electron chi connectivity index (χ0n) is 11.3. The van der Waals surface area contributed by atoms with Crippen LogP contribution in [0.25, 0.3) is 11.3 Å². The van der Waals surface area contributed by atoms with Gasteiger partial charge in [-0.2, -0.15) is 0 Å². The van der Waals surface area contributed by atoms with E-state index < -0.39 is 16.9 Å². The van der Waals surface area contributed by atoms with E-state index in [-0.39, 0.29) is 12.1 Å². The molecule has 0 saturated carbocycles. The number of nitrogens with zero attached hydrogens (tertiary/aromatic N) is 1. The van der Waals surface area contributed by atoms with Crippen LogP contribution in [0, 0.1) is 17.0 Å². The zero-order valence-corrected chi connectivity index (χ0v) is 11.3. The molecule has 1 aromatic heterocycles. The largest absolute Gasteiger partial charge is 0.480 e. The van der Waals surface area contributed by atoms with E-state index in [0.29, 0.717) is 17.1 Å². The van der Waals surface area contributed by atoms with Gasteiger partial charge in [0.1, 0.15) is 17.6 Å². The first kappa shape index (κ1) is 14.7. The normalized spacial score (nSPS) is 12.1. The SMILES string of the molecule is Cc1ccc([N+](=O)[O-])cc1-c1ccc(CC(N)C(=O)O)o1. The Morgan fingerprint density at radius 2 is 2.14 bits per heavy atom. The van der Waals surface area contributed by atoms with Crippen LogP contribution in [0.3, 0.4) is 0 Å². The maximum Gasteiger partial charge on any atom is 0.320 e. The van der Waals surface area contributed by atoms with Crippen LogP contribution in [0.5, 0.6) is 0 Å².